The van der Waals surface area contributed by atoms with Crippen LogP contribution in [-0.2, 0) is 23.9 Å². The van der Waals surface area contributed by atoms with Crippen LogP contribution in [0.4, 0.5) is 18.9 Å². The molecule has 0 fully saturated rings. The summed E-state index contributed by atoms with van der Waals surface area (Å²) in [6.07, 6.45) is -2.00. The molecule has 0 saturated heterocycles. The Kier molecular flexibility index (Phi) is 9.68. The highest BCUT2D eigenvalue weighted by Gasteiger charge is 2.38. The number of phenolic OH excluding ortho intramolecular Hbond substituents is 1. The fourth-order valence-electron chi connectivity index (χ4n) is 2.92. The van der Waals surface area contributed by atoms with Gasteiger partial charge in [-0.05, 0) is 29.7 Å². The van der Waals surface area contributed by atoms with Crippen LogP contribution in [0.1, 0.15) is 67.3 Å². The molecule has 0 saturated carbocycles. The van der Waals surface area contributed by atoms with Gasteiger partial charge in [0.25, 0.3) is 17.1 Å². The molecule has 3 rings (SSSR count). The molecule has 9 nitrogen and oxygen atoms in total. The first-order valence-electron chi connectivity index (χ1n) is 11.1. The first kappa shape index (κ1) is 28.9. The maximum Gasteiger partial charge on any atom is 0.417 e. The zero-order chi connectivity index (χ0) is 27.2. The number of carbonyl (C=O) groups is 1. The molecular weight excluding hydrogens is 499 g/mol. The maximum atomic E-state index is 13.4. The largest absolute Gasteiger partial charge is 0.505 e. The Bertz CT molecular complexity index is 1170. The van der Waals surface area contributed by atoms with Crippen LogP contribution in [0, 0.1) is 0 Å². The molecule has 0 spiro atoms. The van der Waals surface area contributed by atoms with Gasteiger partial charge in [-0.1, -0.05) is 34.1 Å². The van der Waals surface area contributed by atoms with Crippen molar-refractivity contribution in [2.24, 2.45) is 8.80 Å². The van der Waals surface area contributed by atoms with Crippen LogP contribution >= 0.6 is 0 Å². The highest BCUT2D eigenvalue weighted by atomic mass is 32.2. The zero-order valence-corrected chi connectivity index (χ0v) is 21.7. The summed E-state index contributed by atoms with van der Waals surface area (Å²) < 4.78 is 65.2. The van der Waals surface area contributed by atoms with Crippen molar-refractivity contribution in [2.45, 2.75) is 52.8 Å². The number of nitrogens with one attached hydrogen (secondary N) is 2. The predicted octanol–water partition coefficient (Wildman–Crippen LogP) is 4.84. The predicted molar refractivity (Wildman–Crippen MR) is 133 cm³/mol. The van der Waals surface area contributed by atoms with Crippen molar-refractivity contribution < 1.29 is 31.7 Å². The standard InChI is InChI=1S/C20H22F3N5O4S.C3H8/c1-10(2)11-7-12(32-9-11)8-24-17-18(27-33(31)26-17)25-14-6-5-13(20(21,22)23)15(16(14)29)19(30)28(3)4;1-3-2/h5-7,9-10,29H,8H2,1-4H3,(H,24,26)(H,25,27);3H2,1-2H3. The monoisotopic (exact) mass is 529 g/mol. The number of hydrogen-bond acceptors (Lipinski definition) is 6. The Balaban J connectivity index is 0.00000145. The second-order valence-corrected chi connectivity index (χ2v) is 9.21. The molecule has 198 valence electrons. The van der Waals surface area contributed by atoms with Crippen LogP contribution in [0.25, 0.3) is 0 Å². The normalized spacial score (nSPS) is 15.1. The third-order valence-electron chi connectivity index (χ3n) is 4.69. The number of phenols is 1. The SMILES string of the molecule is CC(C)c1coc(CNC2=NS(=O)N=C2Nc2ccc(C(F)(F)F)c(C(=O)N(C)C)c2O)c1.CCC. The van der Waals surface area contributed by atoms with E-state index in [0.29, 0.717) is 11.8 Å². The quantitative estimate of drug-likeness (QED) is 0.477. The lowest BCUT2D eigenvalue weighted by Crippen LogP contribution is -2.33. The molecule has 3 N–H and O–H groups in total. The number of amidine groups is 2. The van der Waals surface area contributed by atoms with E-state index in [-0.39, 0.29) is 29.8 Å². The topological polar surface area (TPSA) is 120 Å². The van der Waals surface area contributed by atoms with Gasteiger partial charge < -0.3 is 25.1 Å². The van der Waals surface area contributed by atoms with Gasteiger partial charge in [-0.25, -0.2) is 4.21 Å². The van der Waals surface area contributed by atoms with Crippen molar-refractivity contribution >= 4 is 34.4 Å². The van der Waals surface area contributed by atoms with Gasteiger partial charge >= 0.3 is 6.18 Å². The Hall–Kier alpha value is -3.35. The van der Waals surface area contributed by atoms with Gasteiger partial charge in [0.15, 0.2) is 17.4 Å². The summed E-state index contributed by atoms with van der Waals surface area (Å²) in [5.74, 6) is -1.14. The van der Waals surface area contributed by atoms with Crippen molar-refractivity contribution in [1.82, 2.24) is 10.2 Å². The number of nitrogens with zero attached hydrogens (tertiary/aromatic N) is 3. The lowest BCUT2D eigenvalue weighted by molar-refractivity contribution is -0.138. The number of rotatable bonds is 5. The van der Waals surface area contributed by atoms with E-state index in [9.17, 15) is 27.3 Å². The molecule has 0 bridgehead atoms. The minimum absolute atomic E-state index is 0.0515. The second kappa shape index (κ2) is 12.1. The van der Waals surface area contributed by atoms with Gasteiger partial charge in [-0.15, -0.1) is 8.80 Å². The van der Waals surface area contributed by atoms with Crippen LogP contribution < -0.4 is 10.6 Å². The molecule has 1 atom stereocenters. The lowest BCUT2D eigenvalue weighted by Gasteiger charge is -2.19. The molecule has 1 aliphatic heterocycles. The number of alkyl halides is 3. The third-order valence-corrected chi connectivity index (χ3v) is 5.37. The van der Waals surface area contributed by atoms with E-state index in [0.717, 1.165) is 16.5 Å². The van der Waals surface area contributed by atoms with E-state index in [4.69, 9.17) is 4.42 Å². The number of amides is 1. The Morgan fingerprint density at radius 2 is 1.81 bits per heavy atom. The fraction of sp³-hybridized carbons (Fsp3) is 0.435. The molecule has 13 heteroatoms. The van der Waals surface area contributed by atoms with Crippen LogP contribution in [0.2, 0.25) is 0 Å². The molecule has 1 unspecified atom stereocenters. The molecule has 1 aromatic carbocycles. The molecular formula is C23H30F3N5O4S. The molecule has 2 aromatic rings. The van der Waals surface area contributed by atoms with E-state index in [1.165, 1.54) is 20.5 Å². The first-order chi connectivity index (χ1) is 16.8. The number of furan rings is 1. The van der Waals surface area contributed by atoms with Gasteiger partial charge in [-0.2, -0.15) is 13.2 Å². The highest BCUT2D eigenvalue weighted by Crippen LogP contribution is 2.40. The number of benzene rings is 1. The number of carbonyl (C=O) groups excluding carboxylic acids is 1. The van der Waals surface area contributed by atoms with Gasteiger partial charge in [0.05, 0.1) is 29.6 Å². The summed E-state index contributed by atoms with van der Waals surface area (Å²) in [6.45, 7) is 8.44. The molecule has 0 radical (unpaired) electrons. The Morgan fingerprint density at radius 1 is 1.19 bits per heavy atom. The minimum Gasteiger partial charge on any atom is -0.505 e. The molecule has 1 amide bonds. The van der Waals surface area contributed by atoms with Crippen molar-refractivity contribution in [1.29, 1.82) is 0 Å². The summed E-state index contributed by atoms with van der Waals surface area (Å²) in [5, 5.41) is 16.0. The number of halogens is 3. The van der Waals surface area contributed by atoms with Crippen LogP contribution in [0.5, 0.6) is 5.75 Å². The molecule has 1 aliphatic rings. The average molecular weight is 530 g/mol. The number of aromatic hydroxyl groups is 1. The fourth-order valence-corrected chi connectivity index (χ4v) is 3.56. The van der Waals surface area contributed by atoms with Gasteiger partial charge in [0.1, 0.15) is 5.76 Å². The number of hydrogen-bond donors (Lipinski definition) is 3. The van der Waals surface area contributed by atoms with E-state index in [1.54, 1.807) is 6.26 Å². The van der Waals surface area contributed by atoms with Gasteiger partial charge in [-0.3, -0.25) is 4.79 Å². The van der Waals surface area contributed by atoms with E-state index < -0.39 is 40.1 Å². The van der Waals surface area contributed by atoms with Crippen molar-refractivity contribution in [3.63, 3.8) is 0 Å². The zero-order valence-electron chi connectivity index (χ0n) is 20.9. The molecule has 0 aliphatic carbocycles. The first-order valence-corrected chi connectivity index (χ1v) is 12.2. The Labute approximate surface area is 210 Å². The van der Waals surface area contributed by atoms with E-state index in [2.05, 4.69) is 33.3 Å². The smallest absolute Gasteiger partial charge is 0.417 e. The van der Waals surface area contributed by atoms with Crippen LogP contribution in [0.15, 0.2) is 37.7 Å². The van der Waals surface area contributed by atoms with Crippen LogP contribution in [-0.4, -0.2) is 45.9 Å². The number of anilines is 1. The Morgan fingerprint density at radius 3 is 2.33 bits per heavy atom. The summed E-state index contributed by atoms with van der Waals surface area (Å²) in [4.78, 5) is 13.3. The second-order valence-electron chi connectivity index (χ2n) is 8.38. The third kappa shape index (κ3) is 7.09. The minimum atomic E-state index is -4.87. The van der Waals surface area contributed by atoms with Crippen molar-refractivity contribution in [3.8, 4) is 5.75 Å². The summed E-state index contributed by atoms with van der Waals surface area (Å²) >= 11 is -1.98. The summed E-state index contributed by atoms with van der Waals surface area (Å²) in [6, 6.07) is 3.47. The van der Waals surface area contributed by atoms with E-state index >= 15 is 0 Å². The highest BCUT2D eigenvalue weighted by molar-refractivity contribution is 7.83. The summed E-state index contributed by atoms with van der Waals surface area (Å²) in [7, 11) is 2.53. The van der Waals surface area contributed by atoms with E-state index in [1.807, 2.05) is 19.9 Å². The van der Waals surface area contributed by atoms with Gasteiger partial charge in [0, 0.05) is 14.1 Å². The van der Waals surface area contributed by atoms with Crippen LogP contribution in [0.3, 0.4) is 0 Å². The molecule has 2 heterocycles. The van der Waals surface area contributed by atoms with Crippen molar-refractivity contribution in [3.05, 3.63) is 46.9 Å². The lowest BCUT2D eigenvalue weighted by atomic mass is 10.0. The molecule has 1 aromatic heterocycles. The summed E-state index contributed by atoms with van der Waals surface area (Å²) in [5.41, 5.74) is -1.45. The maximum absolute atomic E-state index is 13.4. The molecule has 36 heavy (non-hydrogen) atoms. The average Bonchev–Trinajstić information content (AvgIpc) is 3.39. The van der Waals surface area contributed by atoms with Crippen molar-refractivity contribution in [2.75, 3.05) is 19.4 Å². The van der Waals surface area contributed by atoms with Gasteiger partial charge in [0.2, 0.25) is 0 Å².